The van der Waals surface area contributed by atoms with Crippen molar-refractivity contribution in [2.45, 2.75) is 31.9 Å². The van der Waals surface area contributed by atoms with E-state index in [0.29, 0.717) is 11.4 Å². The molecule has 1 unspecified atom stereocenters. The minimum Gasteiger partial charge on any atom is -0.481 e. The Morgan fingerprint density at radius 3 is 2.65 bits per heavy atom. The quantitative estimate of drug-likeness (QED) is 0.320. The Kier molecular flexibility index (Phi) is 7.11. The van der Waals surface area contributed by atoms with E-state index < -0.39 is 0 Å². The minimum atomic E-state index is -0.194. The molecule has 0 radical (unpaired) electrons. The third-order valence-electron chi connectivity index (χ3n) is 8.10. The van der Waals surface area contributed by atoms with Crippen molar-refractivity contribution in [1.82, 2.24) is 19.7 Å². The topological polar surface area (TPSA) is 114 Å². The summed E-state index contributed by atoms with van der Waals surface area (Å²) in [5.74, 6) is 8.35. The summed E-state index contributed by atoms with van der Waals surface area (Å²) < 4.78 is 7.53. The third kappa shape index (κ3) is 5.11. The summed E-state index contributed by atoms with van der Waals surface area (Å²) in [6.07, 6.45) is 6.40. The predicted octanol–water partition coefficient (Wildman–Crippen LogP) is 3.72. The molecule has 3 heterocycles. The van der Waals surface area contributed by atoms with Gasteiger partial charge in [-0.05, 0) is 66.0 Å². The standard InChI is InChI=1S/C31H33N7O2/c1-37-28(12-15-34-37)36-23-8-10-25(11-9-23)40-18-4-6-24-20-33-30(27(21-39)35-24)38-16-13-31(14-17-38)19-22-5-2-3-7-26(22)29(31)32/h2-3,5,7-12,15,20,29,36,39H,13-14,16-19,21,32H2,1H3. The maximum Gasteiger partial charge on any atom is 0.152 e. The molecule has 2 aromatic heterocycles. The Hall–Kier alpha value is -4.39. The Bertz CT molecular complexity index is 1550. The van der Waals surface area contributed by atoms with Gasteiger partial charge >= 0.3 is 0 Å². The molecule has 0 saturated carbocycles. The van der Waals surface area contributed by atoms with Gasteiger partial charge in [-0.2, -0.15) is 5.10 Å². The van der Waals surface area contributed by atoms with Gasteiger partial charge in [0.25, 0.3) is 0 Å². The van der Waals surface area contributed by atoms with E-state index in [1.165, 1.54) is 11.1 Å². The molecule has 4 N–H and O–H groups in total. The van der Waals surface area contributed by atoms with Crippen LogP contribution in [0.25, 0.3) is 0 Å². The molecular formula is C31H33N7O2. The highest BCUT2D eigenvalue weighted by molar-refractivity contribution is 5.57. The second-order valence-corrected chi connectivity index (χ2v) is 10.5. The number of nitrogens with two attached hydrogens (primary N) is 1. The molecular weight excluding hydrogens is 502 g/mol. The predicted molar refractivity (Wildman–Crippen MR) is 154 cm³/mol. The molecule has 1 spiro atoms. The van der Waals surface area contributed by atoms with Crippen molar-refractivity contribution >= 4 is 17.3 Å². The maximum atomic E-state index is 10.0. The van der Waals surface area contributed by atoms with E-state index in [-0.39, 0.29) is 24.7 Å². The number of hydrogen-bond donors (Lipinski definition) is 3. The lowest BCUT2D eigenvalue weighted by molar-refractivity contribution is 0.186. The molecule has 9 heteroatoms. The molecule has 1 atom stereocenters. The van der Waals surface area contributed by atoms with Crippen LogP contribution in [0.5, 0.6) is 5.75 Å². The zero-order chi connectivity index (χ0) is 27.5. The highest BCUT2D eigenvalue weighted by Gasteiger charge is 2.46. The van der Waals surface area contributed by atoms with Crippen molar-refractivity contribution in [3.8, 4) is 17.6 Å². The van der Waals surface area contributed by atoms with Gasteiger partial charge in [0.05, 0.1) is 19.0 Å². The summed E-state index contributed by atoms with van der Waals surface area (Å²) in [5, 5.41) is 17.5. The highest BCUT2D eigenvalue weighted by Crippen LogP contribution is 2.51. The molecule has 1 fully saturated rings. The second kappa shape index (κ2) is 11.0. The smallest absolute Gasteiger partial charge is 0.152 e. The van der Waals surface area contributed by atoms with Crippen molar-refractivity contribution in [3.05, 3.63) is 89.5 Å². The van der Waals surface area contributed by atoms with Crippen molar-refractivity contribution in [3.63, 3.8) is 0 Å². The van der Waals surface area contributed by atoms with Crippen LogP contribution in [0.2, 0.25) is 0 Å². The Morgan fingerprint density at radius 1 is 1.12 bits per heavy atom. The van der Waals surface area contributed by atoms with Crippen molar-refractivity contribution in [2.75, 3.05) is 29.9 Å². The van der Waals surface area contributed by atoms with Crippen LogP contribution in [0.1, 0.15) is 41.4 Å². The molecule has 4 aromatic rings. The number of benzene rings is 2. The number of nitrogens with zero attached hydrogens (tertiary/aromatic N) is 5. The van der Waals surface area contributed by atoms with Gasteiger partial charge in [-0.3, -0.25) is 4.68 Å². The van der Waals surface area contributed by atoms with E-state index in [9.17, 15) is 5.11 Å². The van der Waals surface area contributed by atoms with Crippen molar-refractivity contribution in [2.24, 2.45) is 18.2 Å². The summed E-state index contributed by atoms with van der Waals surface area (Å²) in [5.41, 5.74) is 11.5. The molecule has 204 valence electrons. The number of fused-ring (bicyclic) bond motifs is 1. The van der Waals surface area contributed by atoms with E-state index in [1.54, 1.807) is 17.1 Å². The van der Waals surface area contributed by atoms with Gasteiger partial charge in [-0.25, -0.2) is 9.97 Å². The van der Waals surface area contributed by atoms with Crippen LogP contribution in [0, 0.1) is 17.3 Å². The van der Waals surface area contributed by atoms with Gasteiger partial charge in [-0.15, -0.1) is 0 Å². The first-order valence-electron chi connectivity index (χ1n) is 13.6. The van der Waals surface area contributed by atoms with Crippen molar-refractivity contribution in [1.29, 1.82) is 0 Å². The molecule has 1 aliphatic carbocycles. The summed E-state index contributed by atoms with van der Waals surface area (Å²) >= 11 is 0. The number of rotatable bonds is 6. The maximum absolute atomic E-state index is 10.0. The van der Waals surface area contributed by atoms with E-state index in [2.05, 4.69) is 61.4 Å². The SMILES string of the molecule is Cn1nccc1Nc1ccc(OCC#Cc2cnc(N3CCC4(CC3)Cc3ccccc3C4N)c(CO)n2)cc1. The zero-order valence-corrected chi connectivity index (χ0v) is 22.5. The first-order chi connectivity index (χ1) is 19.5. The molecule has 2 aliphatic rings. The monoisotopic (exact) mass is 535 g/mol. The Morgan fingerprint density at radius 2 is 1.93 bits per heavy atom. The average molecular weight is 536 g/mol. The van der Waals surface area contributed by atoms with Gasteiger partial charge in [0.15, 0.2) is 5.82 Å². The number of aryl methyl sites for hydroxylation is 1. The molecule has 1 saturated heterocycles. The normalized spacial score (nSPS) is 17.3. The van der Waals surface area contributed by atoms with Gasteiger partial charge in [0.1, 0.15) is 29.6 Å². The molecule has 2 aromatic carbocycles. The van der Waals surface area contributed by atoms with Gasteiger partial charge in [-0.1, -0.05) is 30.2 Å². The van der Waals surface area contributed by atoms with Crippen LogP contribution in [0.4, 0.5) is 17.3 Å². The van der Waals surface area contributed by atoms with Crippen LogP contribution in [0.15, 0.2) is 67.0 Å². The van der Waals surface area contributed by atoms with Crippen LogP contribution < -0.4 is 20.7 Å². The zero-order valence-electron chi connectivity index (χ0n) is 22.5. The number of anilines is 3. The van der Waals surface area contributed by atoms with Gasteiger partial charge in [0.2, 0.25) is 0 Å². The number of aliphatic hydroxyl groups is 1. The van der Waals surface area contributed by atoms with Gasteiger partial charge in [0, 0.05) is 37.9 Å². The summed E-state index contributed by atoms with van der Waals surface area (Å²) in [6.45, 7) is 1.68. The van der Waals surface area contributed by atoms with E-state index >= 15 is 0 Å². The first kappa shape index (κ1) is 25.9. The first-order valence-corrected chi connectivity index (χ1v) is 13.6. The number of nitrogens with one attached hydrogen (secondary N) is 1. The van der Waals surface area contributed by atoms with E-state index in [1.807, 2.05) is 37.4 Å². The highest BCUT2D eigenvalue weighted by atomic mass is 16.5. The number of hydrogen-bond acceptors (Lipinski definition) is 8. The molecule has 40 heavy (non-hydrogen) atoms. The molecule has 0 bridgehead atoms. The number of aromatic nitrogens is 4. The van der Waals surface area contributed by atoms with E-state index in [4.69, 9.17) is 10.5 Å². The summed E-state index contributed by atoms with van der Waals surface area (Å²) in [6, 6.07) is 18.2. The summed E-state index contributed by atoms with van der Waals surface area (Å²) in [7, 11) is 1.88. The van der Waals surface area contributed by atoms with Gasteiger partial charge < -0.3 is 25.8 Å². The third-order valence-corrected chi connectivity index (χ3v) is 8.10. The average Bonchev–Trinajstić information content (AvgIpc) is 3.51. The van der Waals surface area contributed by atoms with Crippen LogP contribution in [0.3, 0.4) is 0 Å². The fourth-order valence-electron chi connectivity index (χ4n) is 5.85. The van der Waals surface area contributed by atoms with Crippen LogP contribution >= 0.6 is 0 Å². The molecule has 0 amide bonds. The molecule has 9 nitrogen and oxygen atoms in total. The fraction of sp³-hybridized carbons (Fsp3) is 0.323. The lowest BCUT2D eigenvalue weighted by Crippen LogP contribution is -2.45. The lowest BCUT2D eigenvalue weighted by atomic mass is 9.73. The Labute approximate surface area is 234 Å². The van der Waals surface area contributed by atoms with Crippen LogP contribution in [-0.2, 0) is 20.1 Å². The Balaban J connectivity index is 1.04. The van der Waals surface area contributed by atoms with Crippen molar-refractivity contribution < 1.29 is 9.84 Å². The number of piperidine rings is 1. The molecule has 1 aliphatic heterocycles. The number of ether oxygens (including phenoxy) is 1. The van der Waals surface area contributed by atoms with E-state index in [0.717, 1.165) is 55.4 Å². The number of aliphatic hydroxyl groups excluding tert-OH is 1. The fourth-order valence-corrected chi connectivity index (χ4v) is 5.85. The lowest BCUT2D eigenvalue weighted by Gasteiger charge is -2.42. The molecule has 6 rings (SSSR count). The largest absolute Gasteiger partial charge is 0.481 e. The minimum absolute atomic E-state index is 0.0652. The van der Waals surface area contributed by atoms with Crippen LogP contribution in [-0.4, -0.2) is 44.6 Å². The summed E-state index contributed by atoms with van der Waals surface area (Å²) in [4.78, 5) is 11.4. The second-order valence-electron chi connectivity index (χ2n) is 10.5.